The number of hydrogen-bond acceptors (Lipinski definition) is 5. The number of anilines is 2. The van der Waals surface area contributed by atoms with Crippen molar-refractivity contribution in [2.75, 3.05) is 11.4 Å². The Morgan fingerprint density at radius 3 is 2.97 bits per heavy atom. The van der Waals surface area contributed by atoms with Crippen molar-refractivity contribution in [2.24, 2.45) is 5.41 Å². The van der Waals surface area contributed by atoms with Crippen LogP contribution in [-0.4, -0.2) is 31.1 Å². The zero-order chi connectivity index (χ0) is 20.3. The molecule has 3 aromatic heterocycles. The third-order valence-corrected chi connectivity index (χ3v) is 6.08. The normalized spacial score (nSPS) is 16.9. The molecule has 6 nitrogen and oxygen atoms in total. The van der Waals surface area contributed by atoms with Gasteiger partial charge < -0.3 is 4.90 Å². The molecule has 4 aromatic rings. The summed E-state index contributed by atoms with van der Waals surface area (Å²) < 4.78 is 15.9. The SMILES string of the molecule is CC1(C#Cc2cncc3c2CCCN3c2nc3nncn3c3ccc(F)cc23)CC1. The fourth-order valence-electron chi connectivity index (χ4n) is 4.10. The fourth-order valence-corrected chi connectivity index (χ4v) is 4.10. The molecule has 148 valence electrons. The van der Waals surface area contributed by atoms with Crippen LogP contribution >= 0.6 is 0 Å². The van der Waals surface area contributed by atoms with Crippen LogP contribution in [0.25, 0.3) is 16.7 Å². The maximum Gasteiger partial charge on any atom is 0.257 e. The first-order valence-electron chi connectivity index (χ1n) is 10.2. The van der Waals surface area contributed by atoms with E-state index >= 15 is 0 Å². The van der Waals surface area contributed by atoms with E-state index in [2.05, 4.69) is 38.8 Å². The molecule has 0 radical (unpaired) electrons. The number of benzene rings is 1. The third kappa shape index (κ3) is 2.71. The number of rotatable bonds is 1. The van der Waals surface area contributed by atoms with Gasteiger partial charge in [-0.25, -0.2) is 4.39 Å². The molecule has 1 aliphatic heterocycles. The van der Waals surface area contributed by atoms with Crippen molar-refractivity contribution in [3.63, 3.8) is 0 Å². The fraction of sp³-hybridized carbons (Fsp3) is 0.304. The standard InChI is InChI=1S/C23H19FN6/c1-23(8-9-23)7-6-15-12-25-13-20-17(15)3-2-10-29(20)21-18-11-16(24)4-5-19(18)30-14-26-28-22(30)27-21/h4-5,11-14H,2-3,8-10H2,1H3. The zero-order valence-corrected chi connectivity index (χ0v) is 16.6. The van der Waals surface area contributed by atoms with Crippen LogP contribution in [0.1, 0.15) is 37.3 Å². The van der Waals surface area contributed by atoms with Gasteiger partial charge in [-0.1, -0.05) is 11.8 Å². The van der Waals surface area contributed by atoms with Gasteiger partial charge in [0.1, 0.15) is 18.0 Å². The highest BCUT2D eigenvalue weighted by atomic mass is 19.1. The van der Waals surface area contributed by atoms with Crippen LogP contribution in [0.15, 0.2) is 36.9 Å². The minimum Gasteiger partial charge on any atom is -0.324 e. The lowest BCUT2D eigenvalue weighted by molar-refractivity contribution is 0.629. The molecular formula is C23H19FN6. The molecule has 1 fully saturated rings. The molecule has 0 bridgehead atoms. The van der Waals surface area contributed by atoms with Gasteiger partial charge in [0.15, 0.2) is 0 Å². The number of hydrogen-bond donors (Lipinski definition) is 0. The van der Waals surface area contributed by atoms with Crippen molar-refractivity contribution in [1.29, 1.82) is 0 Å². The summed E-state index contributed by atoms with van der Waals surface area (Å²) in [6, 6.07) is 4.72. The molecule has 1 aromatic carbocycles. The number of nitrogens with zero attached hydrogens (tertiary/aromatic N) is 6. The van der Waals surface area contributed by atoms with Gasteiger partial charge in [0.05, 0.1) is 17.4 Å². The largest absolute Gasteiger partial charge is 0.324 e. The van der Waals surface area contributed by atoms with Gasteiger partial charge in [-0.15, -0.1) is 10.2 Å². The van der Waals surface area contributed by atoms with Crippen molar-refractivity contribution >= 4 is 28.2 Å². The van der Waals surface area contributed by atoms with Crippen molar-refractivity contribution in [3.05, 3.63) is 53.9 Å². The smallest absolute Gasteiger partial charge is 0.257 e. The molecule has 2 aliphatic rings. The highest BCUT2D eigenvalue weighted by Crippen LogP contribution is 2.44. The Labute approximate surface area is 172 Å². The Bertz CT molecular complexity index is 1380. The van der Waals surface area contributed by atoms with Crippen molar-refractivity contribution in [2.45, 2.75) is 32.6 Å². The van der Waals surface area contributed by atoms with Crippen LogP contribution < -0.4 is 4.90 Å². The number of fused-ring (bicyclic) bond motifs is 4. The van der Waals surface area contributed by atoms with E-state index in [1.165, 1.54) is 17.7 Å². The second-order valence-electron chi connectivity index (χ2n) is 8.35. The first kappa shape index (κ1) is 17.3. The summed E-state index contributed by atoms with van der Waals surface area (Å²) >= 11 is 0. The molecule has 30 heavy (non-hydrogen) atoms. The second-order valence-corrected chi connectivity index (χ2v) is 8.35. The Morgan fingerprint density at radius 1 is 1.20 bits per heavy atom. The van der Waals surface area contributed by atoms with Gasteiger partial charge in [0.25, 0.3) is 5.78 Å². The lowest BCUT2D eigenvalue weighted by Gasteiger charge is -2.31. The van der Waals surface area contributed by atoms with Gasteiger partial charge in [-0.3, -0.25) is 9.38 Å². The van der Waals surface area contributed by atoms with Gasteiger partial charge in [0.2, 0.25) is 0 Å². The molecule has 4 heterocycles. The lowest BCUT2D eigenvalue weighted by atomic mass is 9.98. The maximum atomic E-state index is 14.2. The number of pyridine rings is 1. The van der Waals surface area contributed by atoms with Gasteiger partial charge >= 0.3 is 0 Å². The van der Waals surface area contributed by atoms with E-state index in [4.69, 9.17) is 4.98 Å². The Hall–Kier alpha value is -3.53. The molecule has 0 saturated heterocycles. The summed E-state index contributed by atoms with van der Waals surface area (Å²) in [5.74, 6) is 7.65. The quantitative estimate of drug-likeness (QED) is 0.453. The lowest BCUT2D eigenvalue weighted by Crippen LogP contribution is -2.26. The van der Waals surface area contributed by atoms with Crippen molar-refractivity contribution in [1.82, 2.24) is 24.6 Å². The summed E-state index contributed by atoms with van der Waals surface area (Å²) in [6.45, 7) is 2.97. The minimum atomic E-state index is -0.300. The van der Waals surface area contributed by atoms with Crippen LogP contribution in [0, 0.1) is 23.1 Å². The molecule has 7 heteroatoms. The van der Waals surface area contributed by atoms with E-state index in [0.717, 1.165) is 54.4 Å². The monoisotopic (exact) mass is 398 g/mol. The van der Waals surface area contributed by atoms with E-state index in [1.54, 1.807) is 16.8 Å². The predicted molar refractivity (Wildman–Crippen MR) is 112 cm³/mol. The molecule has 0 N–H and O–H groups in total. The van der Waals surface area contributed by atoms with Crippen LogP contribution in [0.2, 0.25) is 0 Å². The first-order chi connectivity index (χ1) is 14.6. The van der Waals surface area contributed by atoms with Gasteiger partial charge in [0, 0.05) is 29.1 Å². The number of aromatic nitrogens is 5. The van der Waals surface area contributed by atoms with Crippen molar-refractivity contribution < 1.29 is 4.39 Å². The Kier molecular flexibility index (Phi) is 3.60. The van der Waals surface area contributed by atoms with Crippen LogP contribution in [-0.2, 0) is 6.42 Å². The number of halogens is 1. The summed E-state index contributed by atoms with van der Waals surface area (Å²) in [5.41, 5.74) is 4.12. The molecule has 0 amide bonds. The third-order valence-electron chi connectivity index (χ3n) is 6.08. The zero-order valence-electron chi connectivity index (χ0n) is 16.6. The molecule has 0 spiro atoms. The summed E-state index contributed by atoms with van der Waals surface area (Å²) in [7, 11) is 0. The van der Waals surface area contributed by atoms with Crippen LogP contribution in [0.5, 0.6) is 0 Å². The molecular weight excluding hydrogens is 379 g/mol. The minimum absolute atomic E-state index is 0.158. The molecule has 0 atom stereocenters. The van der Waals surface area contributed by atoms with E-state index in [9.17, 15) is 4.39 Å². The topological polar surface area (TPSA) is 59.2 Å². The van der Waals surface area contributed by atoms with Crippen LogP contribution in [0.4, 0.5) is 15.9 Å². The highest BCUT2D eigenvalue weighted by Gasteiger charge is 2.35. The molecule has 1 aliphatic carbocycles. The summed E-state index contributed by atoms with van der Waals surface area (Å²) in [5, 5.41) is 8.83. The molecule has 1 saturated carbocycles. The molecule has 0 unspecified atom stereocenters. The van der Waals surface area contributed by atoms with E-state index in [-0.39, 0.29) is 11.2 Å². The first-order valence-corrected chi connectivity index (χ1v) is 10.2. The average Bonchev–Trinajstić information content (AvgIpc) is 3.30. The van der Waals surface area contributed by atoms with Gasteiger partial charge in [-0.05, 0) is 56.4 Å². The molecule has 6 rings (SSSR count). The predicted octanol–water partition coefficient (Wildman–Crippen LogP) is 4.05. The van der Waals surface area contributed by atoms with E-state index in [0.29, 0.717) is 11.6 Å². The summed E-state index contributed by atoms with van der Waals surface area (Å²) in [4.78, 5) is 11.3. The van der Waals surface area contributed by atoms with E-state index in [1.807, 2.05) is 12.4 Å². The second kappa shape index (κ2) is 6.23. The maximum absolute atomic E-state index is 14.2. The Morgan fingerprint density at radius 2 is 2.10 bits per heavy atom. The van der Waals surface area contributed by atoms with E-state index < -0.39 is 0 Å². The average molecular weight is 398 g/mol. The van der Waals surface area contributed by atoms with Crippen molar-refractivity contribution in [3.8, 4) is 11.8 Å². The Balaban J connectivity index is 1.55. The highest BCUT2D eigenvalue weighted by molar-refractivity contribution is 5.94. The summed E-state index contributed by atoms with van der Waals surface area (Å²) in [6.07, 6.45) is 9.54. The van der Waals surface area contributed by atoms with Crippen LogP contribution in [0.3, 0.4) is 0 Å². The van der Waals surface area contributed by atoms with Gasteiger partial charge in [-0.2, -0.15) is 4.98 Å².